The van der Waals surface area contributed by atoms with E-state index < -0.39 is 11.9 Å². The Bertz CT molecular complexity index is 3240. The minimum Gasteiger partial charge on any atom is -0.491 e. The van der Waals surface area contributed by atoms with E-state index in [1.165, 1.54) is 37.6 Å². The monoisotopic (exact) mass is 1300 g/mol. The number of hydrogen-bond donors (Lipinski definition) is 2. The lowest BCUT2D eigenvalue weighted by atomic mass is 10.1. The molecule has 9 rings (SSSR count). The highest BCUT2D eigenvalue weighted by Gasteiger charge is 2.22. The molecule has 0 amide bonds. The molecule has 0 saturated heterocycles. The number of carbonyl (C=O) groups is 2. The molecule has 0 aromatic heterocycles. The summed E-state index contributed by atoms with van der Waals surface area (Å²) in [5.74, 6) is 12.7. The standard InChI is InChI=1S/C66H72O19S4/c67-63(68)51-13-7-49(8-14-51)11-17-53-44-62-54(18-12-50-9-15-52(16-10-50)64(69)70)43-61(53)84-41-37-78-29-25-72-20-22-75-32-34-81-46-56-48-87-66(89-56)65-86-47-55(88-65)45-80-33-31-74-21-19-71-23-27-76-35-39-82-59-5-1-4-58-57(59)3-2-6-60(58)83-40-36-77-28-24-73-26-30-79-38-42-85-62/h1-10,13-16,43-44,47-48H,19-42,45-46H2,(H,67,68)(H,69,70). The lowest BCUT2D eigenvalue weighted by Crippen LogP contribution is -2.15. The van der Waals surface area contributed by atoms with Crippen LogP contribution in [0.2, 0.25) is 0 Å². The molecule has 23 heteroatoms. The van der Waals surface area contributed by atoms with Crippen molar-refractivity contribution in [2.24, 2.45) is 0 Å². The Kier molecular flexibility index (Phi) is 31.3. The highest BCUT2D eigenvalue weighted by molar-refractivity contribution is 8.33. The Morgan fingerprint density at radius 3 is 0.944 bits per heavy atom. The second kappa shape index (κ2) is 40.5. The predicted molar refractivity (Wildman–Crippen MR) is 344 cm³/mol. The summed E-state index contributed by atoms with van der Waals surface area (Å²) in [5, 5.41) is 25.0. The van der Waals surface area contributed by atoms with Gasteiger partial charge in [0.2, 0.25) is 0 Å². The van der Waals surface area contributed by atoms with Crippen molar-refractivity contribution >= 4 is 69.8 Å². The summed E-state index contributed by atoms with van der Waals surface area (Å²) in [7, 11) is 0. The number of fused-ring (bicyclic) bond motifs is 40. The molecule has 5 aromatic rings. The van der Waals surface area contributed by atoms with Crippen LogP contribution in [-0.2, 0) is 52.1 Å². The third kappa shape index (κ3) is 25.2. The molecule has 89 heavy (non-hydrogen) atoms. The van der Waals surface area contributed by atoms with E-state index in [1.54, 1.807) is 83.4 Å². The van der Waals surface area contributed by atoms with Gasteiger partial charge in [-0.25, -0.2) is 9.59 Å². The van der Waals surface area contributed by atoms with Crippen molar-refractivity contribution < 1.29 is 90.9 Å². The molecule has 0 atom stereocenters. The average molecular weight is 1300 g/mol. The van der Waals surface area contributed by atoms with Gasteiger partial charge >= 0.3 is 11.9 Å². The number of rotatable bonds is 2. The van der Waals surface area contributed by atoms with Crippen LogP contribution >= 0.6 is 47.0 Å². The fourth-order valence-electron chi connectivity index (χ4n) is 8.10. The topological polar surface area (TPSA) is 213 Å². The molecular weight excluding hydrogens is 1220 g/mol. The normalized spacial score (nSPS) is 18.3. The Balaban J connectivity index is 0.831. The number of carboxylic acids is 2. The summed E-state index contributed by atoms with van der Waals surface area (Å²) in [6, 6.07) is 27.7. The van der Waals surface area contributed by atoms with Crippen molar-refractivity contribution in [2.75, 3.05) is 172 Å². The molecule has 0 fully saturated rings. The summed E-state index contributed by atoms with van der Waals surface area (Å²) in [6.45, 7) is 9.92. The third-order valence-electron chi connectivity index (χ3n) is 12.5. The van der Waals surface area contributed by atoms with E-state index in [1.807, 2.05) is 36.4 Å². The van der Waals surface area contributed by atoms with E-state index in [-0.39, 0.29) is 37.6 Å². The van der Waals surface area contributed by atoms with Crippen molar-refractivity contribution in [3.05, 3.63) is 160 Å². The van der Waals surface area contributed by atoms with Crippen LogP contribution in [0.25, 0.3) is 10.8 Å². The maximum Gasteiger partial charge on any atom is 0.335 e. The molecule has 2 N–H and O–H groups in total. The van der Waals surface area contributed by atoms with Crippen LogP contribution in [0.5, 0.6) is 23.0 Å². The summed E-state index contributed by atoms with van der Waals surface area (Å²) < 4.78 is 90.8. The maximum atomic E-state index is 11.5. The van der Waals surface area contributed by atoms with Gasteiger partial charge in [0.15, 0.2) is 0 Å². The van der Waals surface area contributed by atoms with Crippen LogP contribution in [0.15, 0.2) is 126 Å². The predicted octanol–water partition coefficient (Wildman–Crippen LogP) is 10.2. The van der Waals surface area contributed by atoms with Crippen LogP contribution < -0.4 is 18.9 Å². The van der Waals surface area contributed by atoms with E-state index in [2.05, 4.69) is 34.5 Å². The first-order valence-corrected chi connectivity index (χ1v) is 32.3. The van der Waals surface area contributed by atoms with E-state index in [4.69, 9.17) is 71.1 Å². The maximum absolute atomic E-state index is 11.5. The highest BCUT2D eigenvalue weighted by Crippen LogP contribution is 2.55. The molecule has 0 spiro atoms. The van der Waals surface area contributed by atoms with Crippen molar-refractivity contribution in [1.82, 2.24) is 0 Å². The van der Waals surface area contributed by atoms with E-state index in [0.717, 1.165) is 27.2 Å². The lowest BCUT2D eigenvalue weighted by Gasteiger charge is -2.14. The summed E-state index contributed by atoms with van der Waals surface area (Å²) in [6.07, 6.45) is 0. The average Bonchev–Trinajstić information content (AvgIpc) is 3.82. The van der Waals surface area contributed by atoms with Gasteiger partial charge in [0.25, 0.3) is 0 Å². The van der Waals surface area contributed by atoms with E-state index in [0.29, 0.717) is 179 Å². The number of aromatic carboxylic acids is 2. The number of ether oxygens (including phenoxy) is 15. The molecule has 19 nitrogen and oxygen atoms in total. The first kappa shape index (κ1) is 68.7. The number of thioether (sulfide) groups is 4. The van der Waals surface area contributed by atoms with Crippen LogP contribution in [0.4, 0.5) is 0 Å². The zero-order valence-electron chi connectivity index (χ0n) is 49.2. The Morgan fingerprint density at radius 2 is 0.629 bits per heavy atom. The smallest absolute Gasteiger partial charge is 0.335 e. The van der Waals surface area contributed by atoms with Crippen LogP contribution in [-0.4, -0.2) is 194 Å². The van der Waals surface area contributed by atoms with Gasteiger partial charge in [-0.1, -0.05) is 95.0 Å². The van der Waals surface area contributed by atoms with Crippen molar-refractivity contribution in [3.8, 4) is 46.7 Å². The molecule has 0 unspecified atom stereocenters. The first-order chi connectivity index (χ1) is 43.9. The zero-order valence-corrected chi connectivity index (χ0v) is 52.5. The Morgan fingerprint density at radius 1 is 0.337 bits per heavy atom. The molecule has 4 heterocycles. The molecule has 4 aliphatic rings. The second-order valence-corrected chi connectivity index (χ2v) is 23.5. The van der Waals surface area contributed by atoms with Gasteiger partial charge in [0, 0.05) is 43.8 Å². The van der Waals surface area contributed by atoms with Gasteiger partial charge < -0.3 is 81.3 Å². The van der Waals surface area contributed by atoms with Gasteiger partial charge in [-0.2, -0.15) is 0 Å². The molecule has 0 saturated carbocycles. The van der Waals surface area contributed by atoms with Crippen molar-refractivity contribution in [2.45, 2.75) is 0 Å². The van der Waals surface area contributed by atoms with Crippen LogP contribution in [0, 0.1) is 23.7 Å². The van der Waals surface area contributed by atoms with Gasteiger partial charge in [0.1, 0.15) is 49.4 Å². The van der Waals surface area contributed by atoms with Crippen molar-refractivity contribution in [3.63, 3.8) is 0 Å². The van der Waals surface area contributed by atoms with Crippen molar-refractivity contribution in [1.29, 1.82) is 0 Å². The van der Waals surface area contributed by atoms with Gasteiger partial charge in [-0.3, -0.25) is 0 Å². The molecule has 5 aromatic carbocycles. The largest absolute Gasteiger partial charge is 0.491 e. The zero-order chi connectivity index (χ0) is 61.8. The lowest BCUT2D eigenvalue weighted by molar-refractivity contribution is -0.00236. The minimum absolute atomic E-state index is 0.138. The third-order valence-corrected chi connectivity index (χ3v) is 17.8. The van der Waals surface area contributed by atoms with Gasteiger partial charge in [-0.15, -0.1) is 0 Å². The summed E-state index contributed by atoms with van der Waals surface area (Å²) >= 11 is 6.92. The SMILES string of the molecule is O=C(O)c1ccc(C#Cc2cc3c(C#Cc4ccc(C(=O)O)cc4)cc2OCCOCCOCCOCCOCC2=CSC(=C4SC=C(COCCOCCOCCOCCOc5cccc6c(cccc56)OCCOCCOCCOCCO3)S4)S2)cc1. The van der Waals surface area contributed by atoms with E-state index >= 15 is 0 Å². The van der Waals surface area contributed by atoms with E-state index in [9.17, 15) is 19.8 Å². The fraction of sp³-hybridized carbons (Fsp3) is 0.394. The highest BCUT2D eigenvalue weighted by atomic mass is 32.2. The molecule has 10 bridgehead atoms. The fourth-order valence-corrected chi connectivity index (χ4v) is 12.9. The minimum atomic E-state index is -1.04. The molecule has 0 aliphatic carbocycles. The Labute approximate surface area is 535 Å². The van der Waals surface area contributed by atoms with Gasteiger partial charge in [-0.05, 0) is 71.5 Å². The second-order valence-electron chi connectivity index (χ2n) is 18.9. The Hall–Kier alpha value is -6.20. The summed E-state index contributed by atoms with van der Waals surface area (Å²) in [5.41, 5.74) is 2.40. The first-order valence-electron chi connectivity index (χ1n) is 28.9. The molecule has 4 aliphatic heterocycles. The van der Waals surface area contributed by atoms with Crippen LogP contribution in [0.3, 0.4) is 0 Å². The number of benzene rings is 5. The number of hydrogen-bond acceptors (Lipinski definition) is 21. The summed E-state index contributed by atoms with van der Waals surface area (Å²) in [4.78, 5) is 25.4. The quantitative estimate of drug-likeness (QED) is 0.124. The van der Waals surface area contributed by atoms with Gasteiger partial charge in [0.05, 0.1) is 176 Å². The number of carboxylic acid groups (broad SMARTS) is 2. The van der Waals surface area contributed by atoms with Crippen LogP contribution in [0.1, 0.15) is 43.0 Å². The molecule has 0 radical (unpaired) electrons. The molecule has 474 valence electrons. The molecular formula is C66H72O19S4.